The smallest absolute Gasteiger partial charge is 0.163 e. The van der Waals surface area contributed by atoms with Crippen molar-refractivity contribution in [2.45, 2.75) is 51.0 Å². The van der Waals surface area contributed by atoms with Gasteiger partial charge in [0.25, 0.3) is 0 Å². The number of rotatable bonds is 4. The quantitative estimate of drug-likeness (QED) is 0.849. The molecule has 0 spiro atoms. The largest absolute Gasteiger partial charge is 0.494 e. The van der Waals surface area contributed by atoms with Gasteiger partial charge in [-0.1, -0.05) is 12.5 Å². The van der Waals surface area contributed by atoms with Crippen LogP contribution < -0.4 is 4.74 Å². The summed E-state index contributed by atoms with van der Waals surface area (Å²) >= 11 is 0. The molecule has 2 aliphatic rings. The van der Waals surface area contributed by atoms with E-state index in [1.807, 2.05) is 12.1 Å². The SMILES string of the molecule is CN1CCCCC1CCOc1ccc2c(c1)C(=O)CCC2. The van der Waals surface area contributed by atoms with Gasteiger partial charge >= 0.3 is 0 Å². The molecule has 3 nitrogen and oxygen atoms in total. The molecule has 1 saturated heterocycles. The van der Waals surface area contributed by atoms with Crippen LogP contribution in [0.4, 0.5) is 0 Å². The topological polar surface area (TPSA) is 29.5 Å². The Balaban J connectivity index is 1.56. The molecule has 0 N–H and O–H groups in total. The van der Waals surface area contributed by atoms with E-state index in [9.17, 15) is 4.79 Å². The zero-order valence-electron chi connectivity index (χ0n) is 12.9. The van der Waals surface area contributed by atoms with Crippen LogP contribution in [-0.2, 0) is 6.42 Å². The van der Waals surface area contributed by atoms with Crippen molar-refractivity contribution < 1.29 is 9.53 Å². The second kappa shape index (κ2) is 6.61. The first-order chi connectivity index (χ1) is 10.2. The number of carbonyl (C=O) groups is 1. The lowest BCUT2D eigenvalue weighted by Gasteiger charge is -2.32. The van der Waals surface area contributed by atoms with Crippen molar-refractivity contribution in [2.24, 2.45) is 0 Å². The summed E-state index contributed by atoms with van der Waals surface area (Å²) < 4.78 is 5.89. The van der Waals surface area contributed by atoms with Crippen LogP contribution in [0, 0.1) is 0 Å². The third-order valence-corrected chi connectivity index (χ3v) is 4.87. The van der Waals surface area contributed by atoms with Gasteiger partial charge < -0.3 is 9.64 Å². The number of likely N-dealkylation sites (tertiary alicyclic amines) is 1. The highest BCUT2D eigenvalue weighted by molar-refractivity contribution is 5.98. The average molecular weight is 287 g/mol. The number of ether oxygens (including phenoxy) is 1. The Bertz CT molecular complexity index is 512. The van der Waals surface area contributed by atoms with Gasteiger partial charge in [0, 0.05) is 18.0 Å². The predicted octanol–water partition coefficient (Wildman–Crippen LogP) is 3.46. The molecule has 1 aliphatic carbocycles. The minimum absolute atomic E-state index is 0.272. The third-order valence-electron chi connectivity index (χ3n) is 4.87. The van der Waals surface area contributed by atoms with E-state index in [1.165, 1.54) is 31.4 Å². The van der Waals surface area contributed by atoms with Crippen LogP contribution in [0.3, 0.4) is 0 Å². The number of ketones is 1. The van der Waals surface area contributed by atoms with E-state index in [0.717, 1.165) is 37.2 Å². The molecule has 0 aromatic heterocycles. The Kier molecular flexibility index (Phi) is 4.59. The molecule has 0 saturated carbocycles. The minimum Gasteiger partial charge on any atom is -0.494 e. The Morgan fingerprint density at radius 3 is 3.00 bits per heavy atom. The fraction of sp³-hybridized carbons (Fsp3) is 0.611. The van der Waals surface area contributed by atoms with Gasteiger partial charge in [0.05, 0.1) is 6.61 Å². The van der Waals surface area contributed by atoms with E-state index in [2.05, 4.69) is 18.0 Å². The van der Waals surface area contributed by atoms with Crippen LogP contribution in [0.15, 0.2) is 18.2 Å². The van der Waals surface area contributed by atoms with Gasteiger partial charge in [-0.2, -0.15) is 0 Å². The van der Waals surface area contributed by atoms with Gasteiger partial charge in [0.2, 0.25) is 0 Å². The summed E-state index contributed by atoms with van der Waals surface area (Å²) in [6.45, 7) is 1.94. The monoisotopic (exact) mass is 287 g/mol. The highest BCUT2D eigenvalue weighted by atomic mass is 16.5. The number of carbonyl (C=O) groups excluding carboxylic acids is 1. The lowest BCUT2D eigenvalue weighted by Crippen LogP contribution is -2.37. The van der Waals surface area contributed by atoms with Crippen LogP contribution >= 0.6 is 0 Å². The van der Waals surface area contributed by atoms with Crippen LogP contribution in [0.5, 0.6) is 5.75 Å². The average Bonchev–Trinajstić information content (AvgIpc) is 2.50. The summed E-state index contributed by atoms with van der Waals surface area (Å²) in [7, 11) is 2.21. The molecule has 1 aromatic carbocycles. The Hall–Kier alpha value is -1.35. The van der Waals surface area contributed by atoms with E-state index >= 15 is 0 Å². The highest BCUT2D eigenvalue weighted by Gasteiger charge is 2.19. The van der Waals surface area contributed by atoms with Crippen LogP contribution in [0.1, 0.15) is 54.4 Å². The highest BCUT2D eigenvalue weighted by Crippen LogP contribution is 2.26. The molecule has 1 aromatic rings. The second-order valence-corrected chi connectivity index (χ2v) is 6.36. The van der Waals surface area contributed by atoms with Gasteiger partial charge in [-0.25, -0.2) is 0 Å². The number of hydrogen-bond donors (Lipinski definition) is 0. The first kappa shape index (κ1) is 14.6. The molecule has 1 heterocycles. The summed E-state index contributed by atoms with van der Waals surface area (Å²) in [5.41, 5.74) is 2.07. The lowest BCUT2D eigenvalue weighted by molar-refractivity contribution is 0.0971. The van der Waals surface area contributed by atoms with Crippen molar-refractivity contribution in [3.63, 3.8) is 0 Å². The van der Waals surface area contributed by atoms with Crippen molar-refractivity contribution in [3.05, 3.63) is 29.3 Å². The predicted molar refractivity (Wildman–Crippen MR) is 84.1 cm³/mol. The van der Waals surface area contributed by atoms with Gasteiger partial charge in [-0.15, -0.1) is 0 Å². The van der Waals surface area contributed by atoms with Gasteiger partial charge in [-0.05, 0) is 63.4 Å². The molecule has 0 bridgehead atoms. The second-order valence-electron chi connectivity index (χ2n) is 6.36. The molecule has 1 aliphatic heterocycles. The Morgan fingerprint density at radius 1 is 1.24 bits per heavy atom. The fourth-order valence-corrected chi connectivity index (χ4v) is 3.52. The van der Waals surface area contributed by atoms with E-state index in [4.69, 9.17) is 4.74 Å². The maximum Gasteiger partial charge on any atom is 0.163 e. The number of hydrogen-bond acceptors (Lipinski definition) is 3. The minimum atomic E-state index is 0.272. The molecular formula is C18H25NO2. The number of nitrogens with zero attached hydrogens (tertiary/aromatic N) is 1. The van der Waals surface area contributed by atoms with E-state index in [-0.39, 0.29) is 5.78 Å². The van der Waals surface area contributed by atoms with Crippen molar-refractivity contribution in [2.75, 3.05) is 20.2 Å². The molecular weight excluding hydrogens is 262 g/mol. The molecule has 0 radical (unpaired) electrons. The van der Waals surface area contributed by atoms with E-state index in [0.29, 0.717) is 12.5 Å². The molecule has 1 fully saturated rings. The van der Waals surface area contributed by atoms with Crippen LogP contribution in [0.25, 0.3) is 0 Å². The molecule has 1 unspecified atom stereocenters. The van der Waals surface area contributed by atoms with Crippen molar-refractivity contribution in [1.29, 1.82) is 0 Å². The van der Waals surface area contributed by atoms with Crippen molar-refractivity contribution in [3.8, 4) is 5.75 Å². The molecule has 114 valence electrons. The van der Waals surface area contributed by atoms with Crippen molar-refractivity contribution in [1.82, 2.24) is 4.90 Å². The summed E-state index contributed by atoms with van der Waals surface area (Å²) in [4.78, 5) is 14.4. The molecule has 3 heteroatoms. The molecule has 3 rings (SSSR count). The standard InChI is InChI=1S/C18H25NO2/c1-19-11-3-2-6-15(19)10-12-21-16-9-8-14-5-4-7-18(20)17(14)13-16/h8-9,13,15H,2-7,10-12H2,1H3. The summed E-state index contributed by atoms with van der Waals surface area (Å²) in [5, 5.41) is 0. The molecule has 1 atom stereocenters. The fourth-order valence-electron chi connectivity index (χ4n) is 3.52. The Labute approximate surface area is 127 Å². The summed E-state index contributed by atoms with van der Waals surface area (Å²) in [6.07, 6.45) is 7.70. The molecule has 0 amide bonds. The summed E-state index contributed by atoms with van der Waals surface area (Å²) in [5.74, 6) is 1.12. The zero-order chi connectivity index (χ0) is 14.7. The third kappa shape index (κ3) is 3.46. The summed E-state index contributed by atoms with van der Waals surface area (Å²) in [6, 6.07) is 6.68. The lowest BCUT2D eigenvalue weighted by atomic mass is 9.90. The Morgan fingerprint density at radius 2 is 2.14 bits per heavy atom. The van der Waals surface area contributed by atoms with Crippen molar-refractivity contribution >= 4 is 5.78 Å². The van der Waals surface area contributed by atoms with Crippen LogP contribution in [-0.4, -0.2) is 36.9 Å². The van der Waals surface area contributed by atoms with Gasteiger partial charge in [0.15, 0.2) is 5.78 Å². The first-order valence-electron chi connectivity index (χ1n) is 8.23. The van der Waals surface area contributed by atoms with E-state index in [1.54, 1.807) is 0 Å². The maximum atomic E-state index is 11.9. The molecule has 21 heavy (non-hydrogen) atoms. The normalized spacial score (nSPS) is 22.9. The number of aryl methyl sites for hydroxylation is 1. The zero-order valence-corrected chi connectivity index (χ0v) is 12.9. The number of piperidine rings is 1. The van der Waals surface area contributed by atoms with Crippen LogP contribution in [0.2, 0.25) is 0 Å². The van der Waals surface area contributed by atoms with E-state index < -0.39 is 0 Å². The number of benzene rings is 1. The first-order valence-corrected chi connectivity index (χ1v) is 8.23. The number of Topliss-reactive ketones (excluding diaryl/α,β-unsaturated/α-hetero) is 1. The van der Waals surface area contributed by atoms with Gasteiger partial charge in [-0.3, -0.25) is 4.79 Å². The maximum absolute atomic E-state index is 11.9. The van der Waals surface area contributed by atoms with Gasteiger partial charge in [0.1, 0.15) is 5.75 Å². The number of fused-ring (bicyclic) bond motifs is 1.